The largest absolute Gasteiger partial charge is 0.397 e. The van der Waals surface area contributed by atoms with Crippen molar-refractivity contribution in [2.24, 2.45) is 0 Å². The Hall–Kier alpha value is -2.07. The van der Waals surface area contributed by atoms with Crippen LogP contribution in [0.4, 0.5) is 5.69 Å². The number of rotatable bonds is 2. The Bertz CT molecular complexity index is 612. The summed E-state index contributed by atoms with van der Waals surface area (Å²) < 4.78 is 6.10. The van der Waals surface area contributed by atoms with Gasteiger partial charge in [0.25, 0.3) is 0 Å². The lowest BCUT2D eigenvalue weighted by atomic mass is 10.1. The third-order valence-electron chi connectivity index (χ3n) is 2.63. The third kappa shape index (κ3) is 1.83. The van der Waals surface area contributed by atoms with Gasteiger partial charge in [-0.25, -0.2) is 4.37 Å². The van der Waals surface area contributed by atoms with Crippen molar-refractivity contribution < 1.29 is 0 Å². The molecule has 0 fully saturated rings. The van der Waals surface area contributed by atoms with Crippen molar-refractivity contribution in [3.05, 3.63) is 55.0 Å². The van der Waals surface area contributed by atoms with E-state index >= 15 is 0 Å². The van der Waals surface area contributed by atoms with E-state index in [4.69, 9.17) is 5.73 Å². The van der Waals surface area contributed by atoms with Crippen molar-refractivity contribution in [3.8, 4) is 16.1 Å². The maximum atomic E-state index is 6.08. The molecular formula is C13H11N3S. The second kappa shape index (κ2) is 4.07. The fraction of sp³-hybridized carbons (Fsp3) is 0. The molecule has 0 saturated carbocycles. The van der Waals surface area contributed by atoms with Crippen molar-refractivity contribution in [1.29, 1.82) is 0 Å². The van der Waals surface area contributed by atoms with E-state index in [2.05, 4.69) is 10.4 Å². The molecule has 2 heterocycles. The van der Waals surface area contributed by atoms with Gasteiger partial charge in [0, 0.05) is 18.6 Å². The molecule has 3 nitrogen and oxygen atoms in total. The SMILES string of the molecule is Nc1cc(-c2ccns2)ccc1-n1cccc1. The molecule has 0 aliphatic heterocycles. The number of nitrogen functional groups attached to an aromatic ring is 1. The van der Waals surface area contributed by atoms with Gasteiger partial charge in [0.2, 0.25) is 0 Å². The van der Waals surface area contributed by atoms with Crippen molar-refractivity contribution in [2.45, 2.75) is 0 Å². The maximum absolute atomic E-state index is 6.08. The summed E-state index contributed by atoms with van der Waals surface area (Å²) in [4.78, 5) is 1.13. The van der Waals surface area contributed by atoms with E-state index in [0.717, 1.165) is 21.8 Å². The van der Waals surface area contributed by atoms with Gasteiger partial charge in [0.1, 0.15) is 0 Å². The van der Waals surface area contributed by atoms with Crippen molar-refractivity contribution >= 4 is 17.2 Å². The number of nitrogens with zero attached hydrogens (tertiary/aromatic N) is 2. The Labute approximate surface area is 103 Å². The van der Waals surface area contributed by atoms with Crippen LogP contribution in [-0.4, -0.2) is 8.94 Å². The molecule has 0 radical (unpaired) electrons. The van der Waals surface area contributed by atoms with Gasteiger partial charge < -0.3 is 10.3 Å². The zero-order valence-corrected chi connectivity index (χ0v) is 9.89. The van der Waals surface area contributed by atoms with Crippen molar-refractivity contribution in [2.75, 3.05) is 5.73 Å². The first kappa shape index (κ1) is 10.1. The van der Waals surface area contributed by atoms with Crippen molar-refractivity contribution in [1.82, 2.24) is 8.94 Å². The monoisotopic (exact) mass is 241 g/mol. The van der Waals surface area contributed by atoms with Crippen molar-refractivity contribution in [3.63, 3.8) is 0 Å². The van der Waals surface area contributed by atoms with Crippen LogP contribution < -0.4 is 5.73 Å². The van der Waals surface area contributed by atoms with Gasteiger partial charge in [0.05, 0.1) is 16.3 Å². The highest BCUT2D eigenvalue weighted by atomic mass is 32.1. The molecule has 0 bridgehead atoms. The number of benzene rings is 1. The van der Waals surface area contributed by atoms with Crippen LogP contribution in [0.1, 0.15) is 0 Å². The highest BCUT2D eigenvalue weighted by Crippen LogP contribution is 2.28. The minimum absolute atomic E-state index is 0.770. The maximum Gasteiger partial charge on any atom is 0.0681 e. The highest BCUT2D eigenvalue weighted by Gasteiger charge is 2.04. The quantitative estimate of drug-likeness (QED) is 0.700. The normalized spacial score (nSPS) is 10.6. The molecular weight excluding hydrogens is 230 g/mol. The second-order valence-electron chi connectivity index (χ2n) is 3.74. The summed E-state index contributed by atoms with van der Waals surface area (Å²) in [5.41, 5.74) is 8.97. The molecule has 0 saturated heterocycles. The molecule has 0 spiro atoms. The summed E-state index contributed by atoms with van der Waals surface area (Å²) in [5.74, 6) is 0. The number of nitrogens with two attached hydrogens (primary N) is 1. The van der Waals surface area contributed by atoms with Crippen LogP contribution in [0.15, 0.2) is 55.0 Å². The van der Waals surface area contributed by atoms with Crippen LogP contribution >= 0.6 is 11.5 Å². The van der Waals surface area contributed by atoms with E-state index in [0.29, 0.717) is 0 Å². The molecule has 0 aliphatic rings. The average molecular weight is 241 g/mol. The second-order valence-corrected chi connectivity index (χ2v) is 4.57. The van der Waals surface area contributed by atoms with Gasteiger partial charge in [-0.1, -0.05) is 6.07 Å². The molecule has 0 atom stereocenters. The Morgan fingerprint density at radius 1 is 1.12 bits per heavy atom. The summed E-state index contributed by atoms with van der Waals surface area (Å²) in [5, 5.41) is 0. The van der Waals surface area contributed by atoms with Gasteiger partial charge in [-0.3, -0.25) is 0 Å². The standard InChI is InChI=1S/C13H11N3S/c14-11-9-10(13-5-6-15-17-13)3-4-12(11)16-7-1-2-8-16/h1-9H,14H2. The van der Waals surface area contributed by atoms with Crippen LogP contribution in [-0.2, 0) is 0 Å². The number of hydrogen-bond acceptors (Lipinski definition) is 3. The van der Waals surface area contributed by atoms with Gasteiger partial charge in [-0.05, 0) is 47.4 Å². The van der Waals surface area contributed by atoms with Crippen LogP contribution in [0.25, 0.3) is 16.1 Å². The van der Waals surface area contributed by atoms with E-state index in [1.807, 2.05) is 47.3 Å². The third-order valence-corrected chi connectivity index (χ3v) is 3.43. The van der Waals surface area contributed by atoms with Gasteiger partial charge in [-0.2, -0.15) is 0 Å². The van der Waals surface area contributed by atoms with E-state index in [1.54, 1.807) is 6.20 Å². The van der Waals surface area contributed by atoms with Gasteiger partial charge >= 0.3 is 0 Å². The molecule has 2 N–H and O–H groups in total. The zero-order valence-electron chi connectivity index (χ0n) is 9.08. The van der Waals surface area contributed by atoms with Crippen LogP contribution in [0.3, 0.4) is 0 Å². The summed E-state index contributed by atoms with van der Waals surface area (Å²) in [7, 11) is 0. The summed E-state index contributed by atoms with van der Waals surface area (Å²) >= 11 is 1.48. The van der Waals surface area contributed by atoms with E-state index in [9.17, 15) is 0 Å². The molecule has 2 aromatic heterocycles. The first-order valence-corrected chi connectivity index (χ1v) is 6.06. The van der Waals surface area contributed by atoms with E-state index in [1.165, 1.54) is 11.5 Å². The fourth-order valence-electron chi connectivity index (χ4n) is 1.80. The first-order valence-electron chi connectivity index (χ1n) is 5.28. The lowest BCUT2D eigenvalue weighted by molar-refractivity contribution is 1.08. The average Bonchev–Trinajstić information content (AvgIpc) is 3.02. The zero-order chi connectivity index (χ0) is 11.7. The highest BCUT2D eigenvalue weighted by molar-refractivity contribution is 7.09. The predicted octanol–water partition coefficient (Wildman–Crippen LogP) is 3.18. The minimum Gasteiger partial charge on any atom is -0.397 e. The molecule has 0 unspecified atom stereocenters. The first-order chi connectivity index (χ1) is 8.34. The van der Waals surface area contributed by atoms with Gasteiger partial charge in [-0.15, -0.1) is 0 Å². The number of aromatic nitrogens is 2. The molecule has 0 aliphatic carbocycles. The summed E-state index contributed by atoms with van der Waals surface area (Å²) in [6.45, 7) is 0. The summed E-state index contributed by atoms with van der Waals surface area (Å²) in [6, 6.07) is 12.0. The Balaban J connectivity index is 2.06. The molecule has 84 valence electrons. The predicted molar refractivity (Wildman–Crippen MR) is 71.3 cm³/mol. The topological polar surface area (TPSA) is 43.8 Å². The van der Waals surface area contributed by atoms with Crippen LogP contribution in [0, 0.1) is 0 Å². The Kier molecular flexibility index (Phi) is 2.42. The smallest absolute Gasteiger partial charge is 0.0681 e. The molecule has 1 aromatic carbocycles. The lowest BCUT2D eigenvalue weighted by Gasteiger charge is -2.08. The van der Waals surface area contributed by atoms with Crippen LogP contribution in [0.2, 0.25) is 0 Å². The molecule has 3 aromatic rings. The molecule has 17 heavy (non-hydrogen) atoms. The molecule has 0 amide bonds. The fourth-order valence-corrected chi connectivity index (χ4v) is 2.39. The number of hydrogen-bond donors (Lipinski definition) is 1. The van der Waals surface area contributed by atoms with E-state index < -0.39 is 0 Å². The lowest BCUT2D eigenvalue weighted by Crippen LogP contribution is -1.97. The molecule has 4 heteroatoms. The Morgan fingerprint density at radius 3 is 2.59 bits per heavy atom. The Morgan fingerprint density at radius 2 is 1.94 bits per heavy atom. The summed E-state index contributed by atoms with van der Waals surface area (Å²) in [6.07, 6.45) is 5.77. The minimum atomic E-state index is 0.770. The number of anilines is 1. The van der Waals surface area contributed by atoms with Gasteiger partial charge in [0.15, 0.2) is 0 Å². The van der Waals surface area contributed by atoms with E-state index in [-0.39, 0.29) is 0 Å². The molecule has 3 rings (SSSR count). The van der Waals surface area contributed by atoms with Crippen LogP contribution in [0.5, 0.6) is 0 Å².